The molecule has 2 aromatic carbocycles. The molecule has 0 saturated carbocycles. The number of ether oxygens (including phenoxy) is 1. The molecule has 0 aliphatic heterocycles. The van der Waals surface area contributed by atoms with Crippen LogP contribution in [0.1, 0.15) is 21.5 Å². The number of benzene rings is 2. The molecule has 3 N–H and O–H groups in total. The molecule has 2 amide bonds. The molecule has 0 heterocycles. The molecule has 8 heteroatoms. The van der Waals surface area contributed by atoms with Gasteiger partial charge >= 0.3 is 0 Å². The summed E-state index contributed by atoms with van der Waals surface area (Å²) in [5, 5.41) is 9.04. The quantitative estimate of drug-likeness (QED) is 0.417. The molecule has 0 bridgehead atoms. The first-order chi connectivity index (χ1) is 14.9. The highest BCUT2D eigenvalue weighted by molar-refractivity contribution is 5.94. The minimum absolute atomic E-state index is 0.0204. The normalized spacial score (nSPS) is 10.9. The van der Waals surface area contributed by atoms with E-state index in [2.05, 4.69) is 20.9 Å². The first kappa shape index (κ1) is 23.7. The van der Waals surface area contributed by atoms with Gasteiger partial charge in [0, 0.05) is 39.8 Å². The molecule has 0 aromatic heterocycles. The minimum atomic E-state index is -0.131. The third-order valence-corrected chi connectivity index (χ3v) is 4.57. The molecule has 0 radical (unpaired) electrons. The Morgan fingerprint density at radius 1 is 1.00 bits per heavy atom. The van der Waals surface area contributed by atoms with E-state index in [0.29, 0.717) is 24.6 Å². The van der Waals surface area contributed by atoms with Crippen molar-refractivity contribution < 1.29 is 14.3 Å². The maximum Gasteiger partial charge on any atom is 0.253 e. The van der Waals surface area contributed by atoms with Crippen molar-refractivity contribution in [3.63, 3.8) is 0 Å². The Morgan fingerprint density at radius 2 is 1.74 bits per heavy atom. The second-order valence-corrected chi connectivity index (χ2v) is 7.13. The summed E-state index contributed by atoms with van der Waals surface area (Å²) in [5.74, 6) is 1.17. The summed E-state index contributed by atoms with van der Waals surface area (Å²) in [6, 6.07) is 15.1. The van der Waals surface area contributed by atoms with Crippen LogP contribution in [-0.2, 0) is 17.8 Å². The van der Waals surface area contributed by atoms with Gasteiger partial charge in [0.05, 0.1) is 13.7 Å². The van der Waals surface area contributed by atoms with Gasteiger partial charge in [0.1, 0.15) is 5.75 Å². The zero-order chi connectivity index (χ0) is 22.6. The third kappa shape index (κ3) is 8.00. The second-order valence-electron chi connectivity index (χ2n) is 7.13. The van der Waals surface area contributed by atoms with Crippen LogP contribution in [0.15, 0.2) is 53.5 Å². The van der Waals surface area contributed by atoms with Crippen LogP contribution in [0, 0.1) is 0 Å². The largest absolute Gasteiger partial charge is 0.497 e. The highest BCUT2D eigenvalue weighted by Crippen LogP contribution is 2.11. The van der Waals surface area contributed by atoms with Gasteiger partial charge in [0.15, 0.2) is 5.96 Å². The molecule has 0 atom stereocenters. The van der Waals surface area contributed by atoms with Crippen molar-refractivity contribution in [2.45, 2.75) is 13.0 Å². The lowest BCUT2D eigenvalue weighted by Gasteiger charge is -2.13. The van der Waals surface area contributed by atoms with Crippen LogP contribution in [-0.4, -0.2) is 64.0 Å². The summed E-state index contributed by atoms with van der Waals surface area (Å²) in [6.07, 6.45) is 0.721. The van der Waals surface area contributed by atoms with Crippen molar-refractivity contribution >= 4 is 17.8 Å². The number of carbonyl (C=O) groups excluding carboxylic acids is 2. The standard InChI is InChI=1S/C23H31N5O3/c1-24-23(25-13-12-17-6-5-7-19(14-17)22(30)28(2)3)27-16-21(29)26-15-18-8-10-20(31-4)11-9-18/h5-11,14H,12-13,15-16H2,1-4H3,(H,26,29)(H2,24,25,27). The Kier molecular flexibility index (Phi) is 9.35. The minimum Gasteiger partial charge on any atom is -0.497 e. The molecule has 8 nitrogen and oxygen atoms in total. The third-order valence-electron chi connectivity index (χ3n) is 4.57. The van der Waals surface area contributed by atoms with Gasteiger partial charge in [0.25, 0.3) is 5.91 Å². The Hall–Kier alpha value is -3.55. The summed E-state index contributed by atoms with van der Waals surface area (Å²) in [7, 11) is 6.74. The number of rotatable bonds is 9. The van der Waals surface area contributed by atoms with Gasteiger partial charge in [-0.05, 0) is 41.8 Å². The van der Waals surface area contributed by atoms with E-state index in [1.165, 1.54) is 0 Å². The molecule has 166 valence electrons. The lowest BCUT2D eigenvalue weighted by molar-refractivity contribution is -0.120. The Labute approximate surface area is 183 Å². The predicted molar refractivity (Wildman–Crippen MR) is 122 cm³/mol. The first-order valence-electron chi connectivity index (χ1n) is 10.1. The highest BCUT2D eigenvalue weighted by atomic mass is 16.5. The Balaban J connectivity index is 1.72. The van der Waals surface area contributed by atoms with Crippen molar-refractivity contribution in [3.8, 4) is 5.75 Å². The molecule has 0 saturated heterocycles. The number of hydrogen-bond acceptors (Lipinski definition) is 4. The van der Waals surface area contributed by atoms with Gasteiger partial charge in [-0.1, -0.05) is 24.3 Å². The number of methoxy groups -OCH3 is 1. The molecule has 0 spiro atoms. The van der Waals surface area contributed by atoms with Crippen molar-refractivity contribution in [3.05, 3.63) is 65.2 Å². The van der Waals surface area contributed by atoms with Crippen LogP contribution in [0.3, 0.4) is 0 Å². The molecule has 0 aliphatic rings. The van der Waals surface area contributed by atoms with Crippen molar-refractivity contribution in [2.24, 2.45) is 4.99 Å². The second kappa shape index (κ2) is 12.2. The number of amides is 2. The molecule has 2 rings (SSSR count). The summed E-state index contributed by atoms with van der Waals surface area (Å²) in [4.78, 5) is 29.9. The van der Waals surface area contributed by atoms with E-state index in [0.717, 1.165) is 23.3 Å². The number of aliphatic imine (C=N–C) groups is 1. The molecule has 0 fully saturated rings. The summed E-state index contributed by atoms with van der Waals surface area (Å²) in [5.41, 5.74) is 2.71. The maximum atomic E-state index is 12.1. The molecular formula is C23H31N5O3. The van der Waals surface area contributed by atoms with Crippen molar-refractivity contribution in [1.29, 1.82) is 0 Å². The first-order valence-corrected chi connectivity index (χ1v) is 10.1. The van der Waals surface area contributed by atoms with E-state index in [1.54, 1.807) is 33.2 Å². The zero-order valence-electron chi connectivity index (χ0n) is 18.6. The molecule has 31 heavy (non-hydrogen) atoms. The summed E-state index contributed by atoms with van der Waals surface area (Å²) >= 11 is 0. The average molecular weight is 426 g/mol. The van der Waals surface area contributed by atoms with Crippen LogP contribution in [0.4, 0.5) is 0 Å². The van der Waals surface area contributed by atoms with Crippen molar-refractivity contribution in [2.75, 3.05) is 41.3 Å². The highest BCUT2D eigenvalue weighted by Gasteiger charge is 2.08. The fourth-order valence-corrected chi connectivity index (χ4v) is 2.83. The Bertz CT molecular complexity index is 894. The van der Waals surface area contributed by atoms with Crippen LogP contribution in [0.5, 0.6) is 5.75 Å². The van der Waals surface area contributed by atoms with Gasteiger partial charge in [-0.2, -0.15) is 0 Å². The summed E-state index contributed by atoms with van der Waals surface area (Å²) in [6.45, 7) is 1.17. The fraction of sp³-hybridized carbons (Fsp3) is 0.348. The molecule has 0 unspecified atom stereocenters. The van der Waals surface area contributed by atoms with Gasteiger partial charge in [-0.25, -0.2) is 0 Å². The van der Waals surface area contributed by atoms with Crippen LogP contribution in [0.2, 0.25) is 0 Å². The van der Waals surface area contributed by atoms with Gasteiger partial charge in [-0.3, -0.25) is 14.6 Å². The molecule has 2 aromatic rings. The number of nitrogens with zero attached hydrogens (tertiary/aromatic N) is 2. The lowest BCUT2D eigenvalue weighted by atomic mass is 10.1. The molecular weight excluding hydrogens is 394 g/mol. The monoisotopic (exact) mass is 425 g/mol. The summed E-state index contributed by atoms with van der Waals surface area (Å²) < 4.78 is 5.12. The average Bonchev–Trinajstić information content (AvgIpc) is 2.79. The van der Waals surface area contributed by atoms with E-state index in [1.807, 2.05) is 48.5 Å². The fourth-order valence-electron chi connectivity index (χ4n) is 2.83. The number of hydrogen-bond donors (Lipinski definition) is 3. The Morgan fingerprint density at radius 3 is 2.39 bits per heavy atom. The van der Waals surface area contributed by atoms with E-state index in [-0.39, 0.29) is 18.4 Å². The number of carbonyl (C=O) groups is 2. The van der Waals surface area contributed by atoms with E-state index < -0.39 is 0 Å². The SMILES string of the molecule is CN=C(NCCc1cccc(C(=O)N(C)C)c1)NCC(=O)NCc1ccc(OC)cc1. The van der Waals surface area contributed by atoms with E-state index in [9.17, 15) is 9.59 Å². The van der Waals surface area contributed by atoms with E-state index >= 15 is 0 Å². The smallest absolute Gasteiger partial charge is 0.253 e. The lowest BCUT2D eigenvalue weighted by Crippen LogP contribution is -2.43. The predicted octanol–water partition coefficient (Wildman–Crippen LogP) is 1.42. The van der Waals surface area contributed by atoms with Crippen LogP contribution < -0.4 is 20.7 Å². The van der Waals surface area contributed by atoms with Gasteiger partial charge < -0.3 is 25.6 Å². The molecule has 0 aliphatic carbocycles. The van der Waals surface area contributed by atoms with Gasteiger partial charge in [-0.15, -0.1) is 0 Å². The van der Waals surface area contributed by atoms with Gasteiger partial charge in [0.2, 0.25) is 5.91 Å². The van der Waals surface area contributed by atoms with Crippen LogP contribution >= 0.6 is 0 Å². The van der Waals surface area contributed by atoms with Crippen molar-refractivity contribution in [1.82, 2.24) is 20.9 Å². The topological polar surface area (TPSA) is 95.1 Å². The zero-order valence-corrected chi connectivity index (χ0v) is 18.6. The van der Waals surface area contributed by atoms with Crippen LogP contribution in [0.25, 0.3) is 0 Å². The number of nitrogens with one attached hydrogen (secondary N) is 3. The maximum absolute atomic E-state index is 12.1. The van der Waals surface area contributed by atoms with E-state index in [4.69, 9.17) is 4.74 Å². The number of guanidine groups is 1.